The molecule has 0 saturated carbocycles. The molecule has 138 valence electrons. The molecule has 3 saturated heterocycles. The van der Waals surface area contributed by atoms with Crippen LogP contribution >= 0.6 is 0 Å². The van der Waals surface area contributed by atoms with E-state index in [9.17, 15) is 9.59 Å². The molecule has 26 heavy (non-hydrogen) atoms. The smallest absolute Gasteiger partial charge is 0.262 e. The van der Waals surface area contributed by atoms with E-state index in [2.05, 4.69) is 0 Å². The van der Waals surface area contributed by atoms with Crippen LogP contribution in [-0.4, -0.2) is 65.8 Å². The van der Waals surface area contributed by atoms with E-state index in [4.69, 9.17) is 24.7 Å². The number of fused-ring (bicyclic) bond motifs is 5. The van der Waals surface area contributed by atoms with Crippen molar-refractivity contribution < 1.29 is 28.5 Å². The van der Waals surface area contributed by atoms with E-state index >= 15 is 0 Å². The third-order valence-electron chi connectivity index (χ3n) is 5.57. The van der Waals surface area contributed by atoms with E-state index in [1.54, 1.807) is 38.1 Å². The molecule has 5 atom stereocenters. The summed E-state index contributed by atoms with van der Waals surface area (Å²) in [6.45, 7) is 4.01. The summed E-state index contributed by atoms with van der Waals surface area (Å²) < 4.78 is 24.0. The molecule has 4 heterocycles. The maximum atomic E-state index is 13.0. The van der Waals surface area contributed by atoms with Crippen LogP contribution in [0, 0.1) is 0 Å². The van der Waals surface area contributed by atoms with Gasteiger partial charge in [-0.2, -0.15) is 0 Å². The van der Waals surface area contributed by atoms with Gasteiger partial charge in [-0.15, -0.1) is 0 Å². The molecule has 2 amide bonds. The summed E-state index contributed by atoms with van der Waals surface area (Å²) in [7, 11) is 0. The monoisotopic (exact) mass is 360 g/mol. The van der Waals surface area contributed by atoms with Gasteiger partial charge in [-0.1, -0.05) is 12.1 Å². The van der Waals surface area contributed by atoms with Gasteiger partial charge < -0.3 is 24.7 Å². The Balaban J connectivity index is 1.58. The predicted octanol–water partition coefficient (Wildman–Crippen LogP) is 0.255. The summed E-state index contributed by atoms with van der Waals surface area (Å²) in [6, 6.07) is 6.02. The van der Waals surface area contributed by atoms with Crippen molar-refractivity contribution in [2.75, 3.05) is 13.2 Å². The maximum absolute atomic E-state index is 13.0. The highest BCUT2D eigenvalue weighted by molar-refractivity contribution is 6.21. The second-order valence-corrected chi connectivity index (χ2v) is 7.60. The van der Waals surface area contributed by atoms with E-state index in [1.165, 1.54) is 4.90 Å². The van der Waals surface area contributed by atoms with E-state index in [-0.39, 0.29) is 25.0 Å². The molecule has 0 aliphatic carbocycles. The van der Waals surface area contributed by atoms with Gasteiger partial charge in [-0.25, -0.2) is 0 Å². The van der Waals surface area contributed by atoms with Crippen molar-refractivity contribution in [3.05, 3.63) is 35.4 Å². The number of ether oxygens (including phenoxy) is 4. The Labute approximate surface area is 150 Å². The first-order valence-electron chi connectivity index (χ1n) is 8.69. The third kappa shape index (κ3) is 1.96. The first-order chi connectivity index (χ1) is 12.4. The zero-order valence-corrected chi connectivity index (χ0v) is 14.5. The van der Waals surface area contributed by atoms with E-state index in [1.807, 2.05) is 0 Å². The van der Waals surface area contributed by atoms with Gasteiger partial charge >= 0.3 is 0 Å². The van der Waals surface area contributed by atoms with E-state index in [0.717, 1.165) is 0 Å². The summed E-state index contributed by atoms with van der Waals surface area (Å²) in [5.74, 6) is -1.62. The molecule has 0 aromatic heterocycles. The minimum atomic E-state index is -0.873. The van der Waals surface area contributed by atoms with Crippen LogP contribution in [0.15, 0.2) is 24.3 Å². The fourth-order valence-electron chi connectivity index (χ4n) is 4.41. The number of nitrogens with two attached hydrogens (primary N) is 1. The van der Waals surface area contributed by atoms with Crippen molar-refractivity contribution in [2.24, 2.45) is 5.73 Å². The molecule has 8 heteroatoms. The van der Waals surface area contributed by atoms with Gasteiger partial charge in [0.2, 0.25) is 0 Å². The molecule has 4 aliphatic rings. The SMILES string of the molecule is CC1(C)O[C@H]2[C@@H](O1)[C@]1(CN)COC(O1)[C@@H]2N1C(=O)c2ccccc2C1=O. The van der Waals surface area contributed by atoms with Gasteiger partial charge in [0.15, 0.2) is 12.1 Å². The maximum Gasteiger partial charge on any atom is 0.262 e. The van der Waals surface area contributed by atoms with Gasteiger partial charge in [-0.05, 0) is 26.0 Å². The molecule has 2 N–H and O–H groups in total. The minimum Gasteiger partial charge on any atom is -0.347 e. The van der Waals surface area contributed by atoms with Gasteiger partial charge in [0, 0.05) is 6.54 Å². The highest BCUT2D eigenvalue weighted by Gasteiger charge is 2.68. The molecule has 0 radical (unpaired) electrons. The largest absolute Gasteiger partial charge is 0.347 e. The fraction of sp³-hybridized carbons (Fsp3) is 0.556. The average molecular weight is 360 g/mol. The lowest BCUT2D eigenvalue weighted by Gasteiger charge is -2.43. The second-order valence-electron chi connectivity index (χ2n) is 7.60. The average Bonchev–Trinajstić information content (AvgIpc) is 3.24. The highest BCUT2D eigenvalue weighted by Crippen LogP contribution is 2.48. The lowest BCUT2D eigenvalue weighted by atomic mass is 9.87. The number of carbonyl (C=O) groups excluding carboxylic acids is 2. The van der Waals surface area contributed by atoms with Crippen LogP contribution in [0.2, 0.25) is 0 Å². The first-order valence-corrected chi connectivity index (χ1v) is 8.69. The summed E-state index contributed by atoms with van der Waals surface area (Å²) in [6.07, 6.45) is -1.90. The summed E-state index contributed by atoms with van der Waals surface area (Å²) in [5.41, 5.74) is 5.87. The van der Waals surface area contributed by atoms with E-state index in [0.29, 0.717) is 11.1 Å². The fourth-order valence-corrected chi connectivity index (χ4v) is 4.41. The molecule has 1 aromatic rings. The second kappa shape index (κ2) is 5.11. The van der Waals surface area contributed by atoms with Crippen LogP contribution in [0.4, 0.5) is 0 Å². The molecule has 5 rings (SSSR count). The molecular weight excluding hydrogens is 340 g/mol. The van der Waals surface area contributed by atoms with Crippen LogP contribution in [-0.2, 0) is 18.9 Å². The Kier molecular flexibility index (Phi) is 3.21. The van der Waals surface area contributed by atoms with Crippen molar-refractivity contribution in [2.45, 2.75) is 49.8 Å². The third-order valence-corrected chi connectivity index (χ3v) is 5.57. The number of rotatable bonds is 2. The van der Waals surface area contributed by atoms with Crippen molar-refractivity contribution in [3.8, 4) is 0 Å². The predicted molar refractivity (Wildman–Crippen MR) is 87.2 cm³/mol. The van der Waals surface area contributed by atoms with Gasteiger partial charge in [0.25, 0.3) is 11.8 Å². The molecule has 1 unspecified atom stereocenters. The van der Waals surface area contributed by atoms with Crippen molar-refractivity contribution in [1.29, 1.82) is 0 Å². The van der Waals surface area contributed by atoms with Crippen molar-refractivity contribution >= 4 is 11.8 Å². The molecule has 0 spiro atoms. The number of amides is 2. The van der Waals surface area contributed by atoms with Crippen LogP contribution < -0.4 is 5.73 Å². The first kappa shape index (κ1) is 16.3. The van der Waals surface area contributed by atoms with E-state index < -0.39 is 35.9 Å². The highest BCUT2D eigenvalue weighted by atomic mass is 16.8. The molecule has 8 nitrogen and oxygen atoms in total. The number of nitrogens with zero attached hydrogens (tertiary/aromatic N) is 1. The zero-order chi connectivity index (χ0) is 18.3. The lowest BCUT2D eigenvalue weighted by Crippen LogP contribution is -2.66. The Bertz CT molecular complexity index is 776. The van der Waals surface area contributed by atoms with Crippen LogP contribution in [0.25, 0.3) is 0 Å². The molecular formula is C18H20N2O6. The number of carbonyl (C=O) groups is 2. The quantitative estimate of drug-likeness (QED) is 0.755. The number of hydrogen-bond acceptors (Lipinski definition) is 7. The molecule has 2 bridgehead atoms. The van der Waals surface area contributed by atoms with Gasteiger partial charge in [-0.3, -0.25) is 14.5 Å². The molecule has 4 aliphatic heterocycles. The Morgan fingerprint density at radius 2 is 1.77 bits per heavy atom. The van der Waals surface area contributed by atoms with Crippen molar-refractivity contribution in [1.82, 2.24) is 4.90 Å². The summed E-state index contributed by atoms with van der Waals surface area (Å²) in [4.78, 5) is 27.1. The Morgan fingerprint density at radius 1 is 1.12 bits per heavy atom. The number of imide groups is 1. The number of hydrogen-bond donors (Lipinski definition) is 1. The summed E-state index contributed by atoms with van der Waals surface area (Å²) in [5, 5.41) is 0. The van der Waals surface area contributed by atoms with Crippen LogP contribution in [0.1, 0.15) is 34.6 Å². The standard InChI is InChI=1S/C18H20N2O6/c1-17(2)24-12-11(16-23-8-18(7-19,26-16)13(12)25-17)20-14(21)9-5-3-4-6-10(9)15(20)22/h3-6,11-13,16H,7-8,19H2,1-2H3/t11-,12-,13-,16?,18+/m1/s1. The van der Waals surface area contributed by atoms with Crippen LogP contribution in [0.3, 0.4) is 0 Å². The van der Waals surface area contributed by atoms with Crippen molar-refractivity contribution in [3.63, 3.8) is 0 Å². The Morgan fingerprint density at radius 3 is 2.38 bits per heavy atom. The van der Waals surface area contributed by atoms with Gasteiger partial charge in [0.1, 0.15) is 23.9 Å². The zero-order valence-electron chi connectivity index (χ0n) is 14.5. The molecule has 3 fully saturated rings. The topological polar surface area (TPSA) is 100 Å². The minimum absolute atomic E-state index is 0.193. The Hall–Kier alpha value is -1.84. The molecule has 1 aromatic carbocycles. The normalized spacial score (nSPS) is 40.0. The van der Waals surface area contributed by atoms with Gasteiger partial charge in [0.05, 0.1) is 17.7 Å². The lowest BCUT2D eigenvalue weighted by molar-refractivity contribution is -0.202. The summed E-state index contributed by atoms with van der Waals surface area (Å²) >= 11 is 0. The number of benzene rings is 1. The van der Waals surface area contributed by atoms with Crippen LogP contribution in [0.5, 0.6) is 0 Å².